The van der Waals surface area contributed by atoms with E-state index in [0.29, 0.717) is 39.2 Å². The number of thiophene rings is 2. The van der Waals surface area contributed by atoms with Crippen LogP contribution in [0.15, 0.2) is 38.0 Å². The van der Waals surface area contributed by atoms with Crippen LogP contribution in [0.3, 0.4) is 0 Å². The highest BCUT2D eigenvalue weighted by Crippen LogP contribution is 2.44. The molecule has 0 aliphatic rings. The molecular formula is C32H38Br2F2N2OS2. The molecule has 1 aromatic carbocycles. The van der Waals surface area contributed by atoms with E-state index in [4.69, 9.17) is 9.72 Å². The zero-order valence-corrected chi connectivity index (χ0v) is 28.6. The molecular weight excluding hydrogens is 690 g/mol. The highest BCUT2D eigenvalue weighted by molar-refractivity contribution is 9.11. The molecule has 0 radical (unpaired) electrons. The lowest BCUT2D eigenvalue weighted by Gasteiger charge is -2.18. The Labute approximate surface area is 267 Å². The predicted octanol–water partition coefficient (Wildman–Crippen LogP) is 12.6. The van der Waals surface area contributed by atoms with Crippen molar-refractivity contribution in [3.05, 3.63) is 49.7 Å². The number of unbranched alkanes of at least 4 members (excludes halogenated alkanes) is 8. The highest BCUT2D eigenvalue weighted by atomic mass is 79.9. The molecule has 222 valence electrons. The van der Waals surface area contributed by atoms with Crippen LogP contribution in [0, 0.1) is 17.6 Å². The second-order valence-electron chi connectivity index (χ2n) is 10.6. The van der Waals surface area contributed by atoms with Crippen LogP contribution in [-0.4, -0.2) is 16.6 Å². The summed E-state index contributed by atoms with van der Waals surface area (Å²) < 4.78 is 39.3. The maximum Gasteiger partial charge on any atom is 0.232 e. The lowest BCUT2D eigenvalue weighted by atomic mass is 9.95. The number of fused-ring (bicyclic) bond motifs is 1. The van der Waals surface area contributed by atoms with Gasteiger partial charge in [-0.1, -0.05) is 78.1 Å². The largest absolute Gasteiger partial charge is 0.476 e. The Morgan fingerprint density at radius 3 is 1.78 bits per heavy atom. The van der Waals surface area contributed by atoms with Crippen molar-refractivity contribution in [1.82, 2.24) is 9.97 Å². The molecule has 3 nitrogen and oxygen atoms in total. The van der Waals surface area contributed by atoms with Gasteiger partial charge in [0.05, 0.1) is 31.5 Å². The molecule has 0 N–H and O–H groups in total. The smallest absolute Gasteiger partial charge is 0.232 e. The number of aromatic nitrogens is 2. The maximum absolute atomic E-state index is 15.8. The van der Waals surface area contributed by atoms with Crippen molar-refractivity contribution in [3.8, 4) is 26.8 Å². The zero-order valence-electron chi connectivity index (χ0n) is 23.8. The third-order valence-electron chi connectivity index (χ3n) is 7.39. The molecule has 9 heteroatoms. The van der Waals surface area contributed by atoms with Gasteiger partial charge in [0.2, 0.25) is 5.88 Å². The highest BCUT2D eigenvalue weighted by Gasteiger charge is 2.26. The standard InChI is InChI=1S/C32H38Br2F2N2OS2/c1-3-5-7-9-10-12-14-21(13-11-8-6-4-2)20-39-26-19-37-31-27(22-15-17-24(33)40-22)29(35)30(36)28(32(31)38-26)23-16-18-25(34)41-23/h15-19,21H,3-14,20H2,1-2H3. The Kier molecular flexibility index (Phi) is 13.0. The molecule has 1 unspecified atom stereocenters. The average Bonchev–Trinajstić information content (AvgIpc) is 3.59. The van der Waals surface area contributed by atoms with Gasteiger partial charge in [0.25, 0.3) is 0 Å². The van der Waals surface area contributed by atoms with Crippen molar-refractivity contribution in [2.75, 3.05) is 6.61 Å². The molecule has 0 aliphatic heterocycles. The van der Waals surface area contributed by atoms with E-state index in [1.807, 2.05) is 12.1 Å². The summed E-state index contributed by atoms with van der Waals surface area (Å²) in [6, 6.07) is 7.19. The Morgan fingerprint density at radius 1 is 0.732 bits per heavy atom. The molecule has 0 amide bonds. The first kappa shape index (κ1) is 32.5. The topological polar surface area (TPSA) is 35.0 Å². The second kappa shape index (κ2) is 16.4. The van der Waals surface area contributed by atoms with Gasteiger partial charge in [0.1, 0.15) is 11.0 Å². The summed E-state index contributed by atoms with van der Waals surface area (Å²) in [5, 5.41) is 0. The zero-order chi connectivity index (χ0) is 29.2. The van der Waals surface area contributed by atoms with Gasteiger partial charge in [-0.25, -0.2) is 18.7 Å². The maximum atomic E-state index is 15.8. The van der Waals surface area contributed by atoms with Crippen molar-refractivity contribution in [3.63, 3.8) is 0 Å². The van der Waals surface area contributed by atoms with E-state index in [2.05, 4.69) is 50.7 Å². The minimum Gasteiger partial charge on any atom is -0.476 e. The second-order valence-corrected chi connectivity index (χ2v) is 15.5. The predicted molar refractivity (Wildman–Crippen MR) is 177 cm³/mol. The number of rotatable bonds is 17. The van der Waals surface area contributed by atoms with Crippen molar-refractivity contribution in [2.24, 2.45) is 5.92 Å². The molecule has 4 rings (SSSR count). The lowest BCUT2D eigenvalue weighted by molar-refractivity contribution is 0.217. The summed E-state index contributed by atoms with van der Waals surface area (Å²) in [5.41, 5.74) is 0.885. The molecule has 3 aromatic heterocycles. The molecule has 0 fully saturated rings. The monoisotopic (exact) mass is 726 g/mol. The van der Waals surface area contributed by atoms with Crippen LogP contribution in [0.2, 0.25) is 0 Å². The molecule has 41 heavy (non-hydrogen) atoms. The third-order valence-corrected chi connectivity index (χ3v) is 10.7. The molecule has 0 saturated heterocycles. The Morgan fingerprint density at radius 2 is 1.24 bits per heavy atom. The van der Waals surface area contributed by atoms with Crippen LogP contribution in [0.1, 0.15) is 90.9 Å². The molecule has 0 aliphatic carbocycles. The van der Waals surface area contributed by atoms with E-state index in [-0.39, 0.29) is 11.1 Å². The number of hydrogen-bond donors (Lipinski definition) is 0. The number of ether oxygens (including phenoxy) is 1. The minimum absolute atomic E-state index is 0.119. The number of hydrogen-bond acceptors (Lipinski definition) is 5. The van der Waals surface area contributed by atoms with Crippen LogP contribution in [-0.2, 0) is 0 Å². The fourth-order valence-corrected chi connectivity index (χ4v) is 8.01. The van der Waals surface area contributed by atoms with Crippen molar-refractivity contribution >= 4 is 65.6 Å². The van der Waals surface area contributed by atoms with E-state index in [1.54, 1.807) is 18.3 Å². The number of nitrogens with zero attached hydrogens (tertiary/aromatic N) is 2. The average molecular weight is 729 g/mol. The van der Waals surface area contributed by atoms with Crippen molar-refractivity contribution in [1.29, 1.82) is 0 Å². The van der Waals surface area contributed by atoms with E-state index < -0.39 is 11.6 Å². The van der Waals surface area contributed by atoms with Crippen LogP contribution < -0.4 is 4.74 Å². The van der Waals surface area contributed by atoms with Crippen molar-refractivity contribution < 1.29 is 13.5 Å². The quantitative estimate of drug-likeness (QED) is 0.102. The van der Waals surface area contributed by atoms with E-state index >= 15 is 8.78 Å². The van der Waals surface area contributed by atoms with Gasteiger partial charge in [-0.15, -0.1) is 22.7 Å². The first-order valence-corrected chi connectivity index (χ1v) is 18.0. The Hall–Kier alpha value is -1.42. The molecule has 1 atom stereocenters. The summed E-state index contributed by atoms with van der Waals surface area (Å²) >= 11 is 9.56. The Balaban J connectivity index is 1.61. The van der Waals surface area contributed by atoms with E-state index in [9.17, 15) is 0 Å². The molecule has 0 saturated carbocycles. The summed E-state index contributed by atoms with van der Waals surface area (Å²) in [6.45, 7) is 5.03. The van der Waals surface area contributed by atoms with Crippen LogP contribution in [0.25, 0.3) is 31.9 Å². The summed E-state index contributed by atoms with van der Waals surface area (Å²) in [4.78, 5) is 10.6. The van der Waals surface area contributed by atoms with Gasteiger partial charge in [0.15, 0.2) is 11.6 Å². The van der Waals surface area contributed by atoms with Gasteiger partial charge in [-0.2, -0.15) is 0 Å². The fourth-order valence-electron chi connectivity index (χ4n) is 5.16. The summed E-state index contributed by atoms with van der Waals surface area (Å²) in [7, 11) is 0. The Bertz CT molecular complexity index is 1410. The van der Waals surface area contributed by atoms with Crippen molar-refractivity contribution in [2.45, 2.75) is 90.9 Å². The van der Waals surface area contributed by atoms with Crippen LogP contribution >= 0.6 is 54.5 Å². The first-order chi connectivity index (χ1) is 19.9. The van der Waals surface area contributed by atoms with Gasteiger partial charge in [0, 0.05) is 9.75 Å². The summed E-state index contributed by atoms with van der Waals surface area (Å²) in [5.74, 6) is -1.05. The number of benzene rings is 1. The summed E-state index contributed by atoms with van der Waals surface area (Å²) in [6.07, 6.45) is 16.4. The number of halogens is 4. The lowest BCUT2D eigenvalue weighted by Crippen LogP contribution is -2.13. The fraction of sp³-hybridized carbons (Fsp3) is 0.500. The van der Waals surface area contributed by atoms with Gasteiger partial charge in [-0.3, -0.25) is 0 Å². The molecule has 0 bridgehead atoms. The first-order valence-electron chi connectivity index (χ1n) is 14.7. The van der Waals surface area contributed by atoms with Gasteiger partial charge < -0.3 is 4.74 Å². The SMILES string of the molecule is CCCCCCCCC(CCCCCC)COc1cnc2c(-c3ccc(Br)s3)c(F)c(F)c(-c3ccc(Br)s3)c2n1. The van der Waals surface area contributed by atoms with Crippen LogP contribution in [0.5, 0.6) is 5.88 Å². The van der Waals surface area contributed by atoms with E-state index in [1.165, 1.54) is 86.9 Å². The molecule has 0 spiro atoms. The minimum atomic E-state index is -0.922. The van der Waals surface area contributed by atoms with E-state index in [0.717, 1.165) is 20.4 Å². The molecule has 4 aromatic rings. The molecule has 3 heterocycles. The normalized spacial score (nSPS) is 12.3. The van der Waals surface area contributed by atoms with Gasteiger partial charge in [-0.05, 0) is 74.9 Å². The van der Waals surface area contributed by atoms with Gasteiger partial charge >= 0.3 is 0 Å². The van der Waals surface area contributed by atoms with Crippen LogP contribution in [0.4, 0.5) is 8.78 Å². The third kappa shape index (κ3) is 8.80.